The van der Waals surface area contributed by atoms with Gasteiger partial charge in [0.2, 0.25) is 0 Å². The first-order valence-electron chi connectivity index (χ1n) is 10.3. The lowest BCUT2D eigenvalue weighted by molar-refractivity contribution is 0.298. The average Bonchev–Trinajstić information content (AvgIpc) is 3.25. The van der Waals surface area contributed by atoms with Gasteiger partial charge in [-0.05, 0) is 43.8 Å². The molecule has 6 heteroatoms. The summed E-state index contributed by atoms with van der Waals surface area (Å²) >= 11 is 0. The highest BCUT2D eigenvalue weighted by Gasteiger charge is 2.14. The average molecular weight is 405 g/mol. The molecule has 0 bridgehead atoms. The number of aryl methyl sites for hydroxylation is 1. The van der Waals surface area contributed by atoms with Crippen molar-refractivity contribution in [2.75, 3.05) is 27.7 Å². The van der Waals surface area contributed by atoms with E-state index in [1.165, 1.54) is 22.3 Å². The van der Waals surface area contributed by atoms with Crippen LogP contribution in [0.2, 0.25) is 0 Å². The molecule has 0 aliphatic carbocycles. The first-order chi connectivity index (χ1) is 14.6. The lowest BCUT2D eigenvalue weighted by Crippen LogP contribution is -2.41. The Labute approximate surface area is 179 Å². The fourth-order valence-corrected chi connectivity index (χ4v) is 3.43. The summed E-state index contributed by atoms with van der Waals surface area (Å²) in [7, 11) is 6.02. The Hall–Kier alpha value is -3.12. The minimum Gasteiger partial charge on any atom is -0.354 e. The highest BCUT2D eigenvalue weighted by atomic mass is 15.3. The van der Waals surface area contributed by atoms with E-state index in [1.807, 2.05) is 30.2 Å². The van der Waals surface area contributed by atoms with E-state index >= 15 is 0 Å². The van der Waals surface area contributed by atoms with Crippen molar-refractivity contribution in [3.8, 4) is 0 Å². The molecular weight excluding hydrogens is 372 g/mol. The summed E-state index contributed by atoms with van der Waals surface area (Å²) < 4.78 is 1.94. The van der Waals surface area contributed by atoms with Crippen LogP contribution in [-0.2, 0) is 13.1 Å². The smallest absolute Gasteiger partial charge is 0.191 e. The number of benzene rings is 2. The van der Waals surface area contributed by atoms with Gasteiger partial charge >= 0.3 is 0 Å². The zero-order valence-electron chi connectivity index (χ0n) is 18.3. The van der Waals surface area contributed by atoms with Crippen molar-refractivity contribution in [3.63, 3.8) is 0 Å². The van der Waals surface area contributed by atoms with E-state index in [-0.39, 0.29) is 6.04 Å². The van der Waals surface area contributed by atoms with Crippen molar-refractivity contribution in [3.05, 3.63) is 89.2 Å². The molecule has 1 atom stereocenters. The number of hydrogen-bond donors (Lipinski definition) is 2. The van der Waals surface area contributed by atoms with Gasteiger partial charge in [0.25, 0.3) is 0 Å². The number of likely N-dealkylation sites (N-methyl/N-ethyl adjacent to an activating group) is 1. The minimum absolute atomic E-state index is 0.260. The van der Waals surface area contributed by atoms with Crippen LogP contribution in [0, 0.1) is 6.92 Å². The van der Waals surface area contributed by atoms with Gasteiger partial charge < -0.3 is 15.5 Å². The molecule has 1 aromatic heterocycles. The highest BCUT2D eigenvalue weighted by Crippen LogP contribution is 2.18. The number of aliphatic imine (C=N–C) groups is 1. The van der Waals surface area contributed by atoms with Crippen LogP contribution in [0.1, 0.15) is 28.3 Å². The quantitative estimate of drug-likeness (QED) is 0.447. The van der Waals surface area contributed by atoms with Crippen molar-refractivity contribution in [1.82, 2.24) is 25.3 Å². The van der Waals surface area contributed by atoms with Crippen molar-refractivity contribution in [2.45, 2.75) is 26.1 Å². The molecule has 2 aromatic carbocycles. The third-order valence-electron chi connectivity index (χ3n) is 5.23. The summed E-state index contributed by atoms with van der Waals surface area (Å²) in [6.45, 7) is 4.34. The van der Waals surface area contributed by atoms with Gasteiger partial charge in [0.1, 0.15) is 0 Å². The molecule has 1 heterocycles. The van der Waals surface area contributed by atoms with E-state index in [1.54, 1.807) is 0 Å². The van der Waals surface area contributed by atoms with Crippen LogP contribution in [0.3, 0.4) is 0 Å². The maximum absolute atomic E-state index is 4.41. The van der Waals surface area contributed by atoms with Gasteiger partial charge in [-0.2, -0.15) is 5.10 Å². The molecule has 0 amide bonds. The highest BCUT2D eigenvalue weighted by molar-refractivity contribution is 5.79. The molecule has 0 saturated heterocycles. The predicted molar refractivity (Wildman–Crippen MR) is 124 cm³/mol. The standard InChI is InChI=1S/C24H32N6/c1-19-10-12-20(13-11-19)23(29(3)4)17-27-24(25-2)26-16-21-8-5-6-9-22(21)18-30-15-7-14-28-30/h5-15,23H,16-18H2,1-4H3,(H2,25,26,27). The van der Waals surface area contributed by atoms with E-state index in [0.29, 0.717) is 6.54 Å². The molecular formula is C24H32N6. The molecule has 2 N–H and O–H groups in total. The molecule has 0 spiro atoms. The fourth-order valence-electron chi connectivity index (χ4n) is 3.43. The van der Waals surface area contributed by atoms with Crippen molar-refractivity contribution in [2.24, 2.45) is 4.99 Å². The van der Waals surface area contributed by atoms with Crippen molar-refractivity contribution in [1.29, 1.82) is 0 Å². The SMILES string of the molecule is CN=C(NCc1ccccc1Cn1cccn1)NCC(c1ccc(C)cc1)N(C)C. The van der Waals surface area contributed by atoms with Crippen molar-refractivity contribution >= 4 is 5.96 Å². The summed E-state index contributed by atoms with van der Waals surface area (Å²) in [4.78, 5) is 6.63. The summed E-state index contributed by atoms with van der Waals surface area (Å²) in [6, 6.07) is 19.4. The molecule has 0 aliphatic heterocycles. The molecule has 30 heavy (non-hydrogen) atoms. The van der Waals surface area contributed by atoms with Crippen LogP contribution in [0.5, 0.6) is 0 Å². The molecule has 3 aromatic rings. The van der Waals surface area contributed by atoms with Crippen LogP contribution >= 0.6 is 0 Å². The Kier molecular flexibility index (Phi) is 7.63. The number of nitrogens with zero attached hydrogens (tertiary/aromatic N) is 4. The third kappa shape index (κ3) is 5.94. The maximum Gasteiger partial charge on any atom is 0.191 e. The van der Waals surface area contributed by atoms with Gasteiger partial charge in [-0.3, -0.25) is 9.67 Å². The third-order valence-corrected chi connectivity index (χ3v) is 5.23. The molecule has 0 aliphatic rings. The molecule has 0 saturated carbocycles. The summed E-state index contributed by atoms with van der Waals surface area (Å²) in [5, 5.41) is 11.2. The molecule has 3 rings (SSSR count). The fraction of sp³-hybridized carbons (Fsp3) is 0.333. The number of nitrogens with one attached hydrogen (secondary N) is 2. The minimum atomic E-state index is 0.260. The van der Waals surface area contributed by atoms with Crippen molar-refractivity contribution < 1.29 is 0 Å². The van der Waals surface area contributed by atoms with Gasteiger partial charge in [-0.25, -0.2) is 0 Å². The summed E-state index contributed by atoms with van der Waals surface area (Å²) in [5.41, 5.74) is 5.04. The van der Waals surface area contributed by atoms with Gasteiger partial charge in [-0.15, -0.1) is 0 Å². The Morgan fingerprint density at radius 2 is 1.77 bits per heavy atom. The maximum atomic E-state index is 4.41. The summed E-state index contributed by atoms with van der Waals surface area (Å²) in [5.74, 6) is 0.794. The van der Waals surface area contributed by atoms with Crippen LogP contribution in [0.15, 0.2) is 72.0 Å². The van der Waals surface area contributed by atoms with Gasteiger partial charge in [0.15, 0.2) is 5.96 Å². The number of aromatic nitrogens is 2. The monoisotopic (exact) mass is 404 g/mol. The Morgan fingerprint density at radius 3 is 2.40 bits per heavy atom. The van der Waals surface area contributed by atoms with Crippen LogP contribution < -0.4 is 10.6 Å². The van der Waals surface area contributed by atoms with E-state index in [2.05, 4.69) is 95.2 Å². The zero-order valence-corrected chi connectivity index (χ0v) is 18.3. The van der Waals surface area contributed by atoms with Gasteiger partial charge in [0, 0.05) is 32.5 Å². The summed E-state index contributed by atoms with van der Waals surface area (Å²) in [6.07, 6.45) is 3.79. The molecule has 6 nitrogen and oxygen atoms in total. The topological polar surface area (TPSA) is 57.5 Å². The number of hydrogen-bond acceptors (Lipinski definition) is 3. The second kappa shape index (κ2) is 10.6. The van der Waals surface area contributed by atoms with E-state index in [9.17, 15) is 0 Å². The van der Waals surface area contributed by atoms with Crippen LogP contribution in [-0.4, -0.2) is 48.3 Å². The Balaban J connectivity index is 1.60. The second-order valence-corrected chi connectivity index (χ2v) is 7.67. The molecule has 0 radical (unpaired) electrons. The van der Waals surface area contributed by atoms with Crippen LogP contribution in [0.4, 0.5) is 0 Å². The van der Waals surface area contributed by atoms with E-state index in [4.69, 9.17) is 0 Å². The first kappa shape index (κ1) is 21.6. The molecule has 1 unspecified atom stereocenters. The largest absolute Gasteiger partial charge is 0.354 e. The van der Waals surface area contributed by atoms with Gasteiger partial charge in [-0.1, -0.05) is 54.1 Å². The lowest BCUT2D eigenvalue weighted by atomic mass is 10.0. The first-order valence-corrected chi connectivity index (χ1v) is 10.3. The Bertz CT molecular complexity index is 929. The van der Waals surface area contributed by atoms with Gasteiger partial charge in [0.05, 0.1) is 12.6 Å². The predicted octanol–water partition coefficient (Wildman–Crippen LogP) is 3.21. The zero-order chi connectivity index (χ0) is 21.3. The van der Waals surface area contributed by atoms with E-state index < -0.39 is 0 Å². The van der Waals surface area contributed by atoms with Crippen LogP contribution in [0.25, 0.3) is 0 Å². The molecule has 158 valence electrons. The lowest BCUT2D eigenvalue weighted by Gasteiger charge is -2.26. The van der Waals surface area contributed by atoms with E-state index in [0.717, 1.165) is 19.0 Å². The Morgan fingerprint density at radius 1 is 1.03 bits per heavy atom. The number of guanidine groups is 1. The number of rotatable bonds is 8. The normalized spacial score (nSPS) is 12.8. The molecule has 0 fully saturated rings. The second-order valence-electron chi connectivity index (χ2n) is 7.67.